The van der Waals surface area contributed by atoms with E-state index in [1.807, 2.05) is 0 Å². The molecule has 1 aromatic carbocycles. The molecule has 0 spiro atoms. The Morgan fingerprint density at radius 1 is 0.882 bits per heavy atom. The lowest BCUT2D eigenvalue weighted by molar-refractivity contribution is 0.766. The fraction of sp³-hybridized carbons (Fsp3) is 0.625. The van der Waals surface area contributed by atoms with Gasteiger partial charge in [0.2, 0.25) is 0 Å². The summed E-state index contributed by atoms with van der Waals surface area (Å²) >= 11 is 0. The van der Waals surface area contributed by atoms with E-state index < -0.39 is 0 Å². The minimum Gasteiger partial charge on any atom is -0.130 e. The maximum absolute atomic E-state index is 3.00. The molecule has 2 unspecified atom stereocenters. The van der Waals surface area contributed by atoms with Crippen LogP contribution in [-0.4, -0.2) is 0 Å². The molecule has 0 N–H and O–H groups in total. The van der Waals surface area contributed by atoms with Crippen LogP contribution < -0.4 is 0 Å². The fourth-order valence-corrected chi connectivity index (χ4v) is 2.59. The van der Waals surface area contributed by atoms with Crippen molar-refractivity contribution in [3.8, 4) is 0 Å². The molecule has 96 valence electrons. The molecule has 0 heterocycles. The van der Waals surface area contributed by atoms with Gasteiger partial charge in [-0.15, -0.1) is 9.24 Å². The van der Waals surface area contributed by atoms with Crippen LogP contribution in [0.4, 0.5) is 0 Å². The maximum atomic E-state index is 3.00. The van der Waals surface area contributed by atoms with Crippen LogP contribution in [0.1, 0.15) is 81.6 Å². The number of hydrogen-bond donors (Lipinski definition) is 0. The first-order valence-corrected chi connectivity index (χ1v) is 7.52. The Bertz CT molecular complexity index is 326. The lowest BCUT2D eigenvalue weighted by Gasteiger charge is -2.18. The van der Waals surface area contributed by atoms with Crippen LogP contribution in [0.3, 0.4) is 0 Å². The van der Waals surface area contributed by atoms with Crippen molar-refractivity contribution in [2.24, 2.45) is 0 Å². The second-order valence-electron chi connectivity index (χ2n) is 5.64. The van der Waals surface area contributed by atoms with E-state index in [2.05, 4.69) is 62.1 Å². The van der Waals surface area contributed by atoms with Gasteiger partial charge in [-0.3, -0.25) is 0 Å². The topological polar surface area (TPSA) is 0 Å². The summed E-state index contributed by atoms with van der Waals surface area (Å²) < 4.78 is 0. The third kappa shape index (κ3) is 4.11. The van der Waals surface area contributed by atoms with Gasteiger partial charge in [0.25, 0.3) is 0 Å². The van der Waals surface area contributed by atoms with Crippen LogP contribution in [0, 0.1) is 0 Å². The van der Waals surface area contributed by atoms with E-state index in [-0.39, 0.29) is 0 Å². The van der Waals surface area contributed by atoms with E-state index >= 15 is 0 Å². The molecular weight excluding hydrogens is 223 g/mol. The third-order valence-corrected chi connectivity index (χ3v) is 4.08. The molecule has 0 radical (unpaired) electrons. The Kier molecular flexibility index (Phi) is 5.67. The lowest BCUT2D eigenvalue weighted by atomic mass is 9.91. The summed E-state index contributed by atoms with van der Waals surface area (Å²) in [6.07, 6.45) is 2.50. The van der Waals surface area contributed by atoms with Gasteiger partial charge < -0.3 is 0 Å². The van der Waals surface area contributed by atoms with Crippen LogP contribution >= 0.6 is 9.24 Å². The Balaban J connectivity index is 3.12. The van der Waals surface area contributed by atoms with Gasteiger partial charge in [0.15, 0.2) is 0 Å². The quantitative estimate of drug-likeness (QED) is 0.592. The van der Waals surface area contributed by atoms with Crippen molar-refractivity contribution >= 4 is 9.24 Å². The molecule has 0 aliphatic carbocycles. The van der Waals surface area contributed by atoms with Crippen LogP contribution in [0.15, 0.2) is 18.2 Å². The van der Waals surface area contributed by atoms with Crippen molar-refractivity contribution in [1.29, 1.82) is 0 Å². The Morgan fingerprint density at radius 2 is 1.29 bits per heavy atom. The fourth-order valence-electron chi connectivity index (χ4n) is 2.06. The molecule has 0 saturated heterocycles. The van der Waals surface area contributed by atoms with Crippen molar-refractivity contribution < 1.29 is 0 Å². The highest BCUT2D eigenvalue weighted by Crippen LogP contribution is 2.32. The largest absolute Gasteiger partial charge is 0.130 e. The maximum Gasteiger partial charge on any atom is -0.00145 e. The Labute approximate surface area is 109 Å². The predicted molar refractivity (Wildman–Crippen MR) is 82.0 cm³/mol. The minimum atomic E-state index is 0.608. The number of benzene rings is 1. The number of hydrogen-bond acceptors (Lipinski definition) is 0. The van der Waals surface area contributed by atoms with Crippen LogP contribution in [0.2, 0.25) is 0 Å². The highest BCUT2D eigenvalue weighted by Gasteiger charge is 2.11. The molecular formula is C16H27P. The molecule has 17 heavy (non-hydrogen) atoms. The summed E-state index contributed by atoms with van der Waals surface area (Å²) in [4.78, 5) is 0. The molecule has 0 nitrogen and oxygen atoms in total. The molecule has 0 aromatic heterocycles. The van der Waals surface area contributed by atoms with Gasteiger partial charge in [-0.1, -0.05) is 59.2 Å². The SMILES string of the molecule is CCCC(P)c1cc(C(C)C)cc(C(C)C)c1. The van der Waals surface area contributed by atoms with E-state index in [1.54, 1.807) is 0 Å². The predicted octanol–water partition coefficient (Wildman–Crippen LogP) is 5.65. The van der Waals surface area contributed by atoms with Crippen molar-refractivity contribution in [2.45, 2.75) is 65.0 Å². The lowest BCUT2D eigenvalue weighted by Crippen LogP contribution is -1.98. The molecule has 1 heteroatoms. The molecule has 1 aromatic rings. The van der Waals surface area contributed by atoms with Crippen LogP contribution in [0.25, 0.3) is 0 Å². The van der Waals surface area contributed by atoms with E-state index in [1.165, 1.54) is 29.5 Å². The van der Waals surface area contributed by atoms with Gasteiger partial charge in [0.05, 0.1) is 0 Å². The summed E-state index contributed by atoms with van der Waals surface area (Å²) in [6, 6.07) is 7.16. The van der Waals surface area contributed by atoms with Gasteiger partial charge in [0.1, 0.15) is 0 Å². The first kappa shape index (κ1) is 14.7. The highest BCUT2D eigenvalue weighted by molar-refractivity contribution is 7.17. The van der Waals surface area contributed by atoms with Gasteiger partial charge in [0, 0.05) is 0 Å². The zero-order valence-electron chi connectivity index (χ0n) is 12.0. The molecule has 0 amide bonds. The first-order chi connectivity index (χ1) is 7.95. The van der Waals surface area contributed by atoms with Crippen molar-refractivity contribution in [3.63, 3.8) is 0 Å². The van der Waals surface area contributed by atoms with Gasteiger partial charge in [-0.25, -0.2) is 0 Å². The summed E-state index contributed by atoms with van der Waals surface area (Å²) in [5.74, 6) is 1.23. The van der Waals surface area contributed by atoms with Gasteiger partial charge in [-0.2, -0.15) is 0 Å². The van der Waals surface area contributed by atoms with Crippen LogP contribution in [-0.2, 0) is 0 Å². The minimum absolute atomic E-state index is 0.608. The van der Waals surface area contributed by atoms with Gasteiger partial charge in [-0.05, 0) is 40.6 Å². The summed E-state index contributed by atoms with van der Waals surface area (Å²) in [5, 5.41) is 0. The summed E-state index contributed by atoms with van der Waals surface area (Å²) in [7, 11) is 3.00. The van der Waals surface area contributed by atoms with E-state index in [0.717, 1.165) is 0 Å². The molecule has 0 aliphatic heterocycles. The van der Waals surface area contributed by atoms with Crippen molar-refractivity contribution in [2.75, 3.05) is 0 Å². The standard InChI is InChI=1S/C16H27P/c1-6-7-16(17)15-9-13(11(2)3)8-14(10-15)12(4)5/h8-12,16H,6-7,17H2,1-5H3. The molecule has 0 aliphatic rings. The smallest absolute Gasteiger partial charge is 0.00145 e. The van der Waals surface area contributed by atoms with Crippen molar-refractivity contribution in [1.82, 2.24) is 0 Å². The van der Waals surface area contributed by atoms with E-state index in [0.29, 0.717) is 17.5 Å². The molecule has 0 bridgehead atoms. The van der Waals surface area contributed by atoms with E-state index in [4.69, 9.17) is 0 Å². The average molecular weight is 250 g/mol. The van der Waals surface area contributed by atoms with Gasteiger partial charge >= 0.3 is 0 Å². The second-order valence-corrected chi connectivity index (χ2v) is 6.44. The zero-order chi connectivity index (χ0) is 13.0. The Hall–Kier alpha value is -0.350. The Morgan fingerprint density at radius 3 is 1.65 bits per heavy atom. The molecule has 2 atom stereocenters. The summed E-state index contributed by atoms with van der Waals surface area (Å²) in [5.41, 5.74) is 5.06. The highest BCUT2D eigenvalue weighted by atomic mass is 31.0. The van der Waals surface area contributed by atoms with Crippen LogP contribution in [0.5, 0.6) is 0 Å². The summed E-state index contributed by atoms with van der Waals surface area (Å²) in [6.45, 7) is 11.4. The monoisotopic (exact) mass is 250 g/mol. The molecule has 0 saturated carbocycles. The average Bonchev–Trinajstić information content (AvgIpc) is 2.28. The molecule has 1 rings (SSSR count). The van der Waals surface area contributed by atoms with Crippen molar-refractivity contribution in [3.05, 3.63) is 34.9 Å². The van der Waals surface area contributed by atoms with E-state index in [9.17, 15) is 0 Å². The second kappa shape index (κ2) is 6.55. The normalized spacial score (nSPS) is 13.4. The molecule has 0 fully saturated rings. The first-order valence-electron chi connectivity index (χ1n) is 6.86. The number of rotatable bonds is 5. The zero-order valence-corrected chi connectivity index (χ0v) is 13.1. The third-order valence-electron chi connectivity index (χ3n) is 3.36.